The molecule has 1 N–H and O–H groups in total. The van der Waals surface area contributed by atoms with E-state index in [2.05, 4.69) is 41.7 Å². The molecule has 0 aliphatic rings. The molecule has 30 heavy (non-hydrogen) atoms. The van der Waals surface area contributed by atoms with Gasteiger partial charge in [-0.3, -0.25) is 4.79 Å². The molecule has 3 aromatic carbocycles. The average molecular weight is 419 g/mol. The van der Waals surface area contributed by atoms with Crippen LogP contribution >= 0.6 is 11.8 Å². The van der Waals surface area contributed by atoms with Gasteiger partial charge in [0.05, 0.1) is 11.5 Å². The van der Waals surface area contributed by atoms with Gasteiger partial charge in [-0.2, -0.15) is 5.10 Å². The molecule has 0 aliphatic heterocycles. The van der Waals surface area contributed by atoms with Crippen molar-refractivity contribution >= 4 is 23.9 Å². The molecule has 1 atom stereocenters. The van der Waals surface area contributed by atoms with E-state index >= 15 is 0 Å². The first-order chi connectivity index (χ1) is 14.5. The maximum Gasteiger partial charge on any atom is 0.253 e. The maximum atomic E-state index is 12.2. The molecule has 0 bridgehead atoms. The lowest BCUT2D eigenvalue weighted by molar-refractivity contribution is -0.120. The Labute approximate surface area is 182 Å². The monoisotopic (exact) mass is 418 g/mol. The van der Waals surface area contributed by atoms with Crippen LogP contribution in [-0.2, 0) is 11.4 Å². The minimum absolute atomic E-state index is 0.130. The van der Waals surface area contributed by atoms with Gasteiger partial charge in [-0.1, -0.05) is 47.5 Å². The molecule has 0 fully saturated rings. The molecule has 0 radical (unpaired) electrons. The molecule has 0 aromatic heterocycles. The lowest BCUT2D eigenvalue weighted by Gasteiger charge is -2.09. The Balaban J connectivity index is 1.45. The molecule has 0 spiro atoms. The highest BCUT2D eigenvalue weighted by atomic mass is 32.2. The molecular weight excluding hydrogens is 392 g/mol. The third kappa shape index (κ3) is 6.78. The number of thioether (sulfide) groups is 1. The lowest BCUT2D eigenvalue weighted by atomic mass is 10.2. The molecular formula is C25H26N2O2S. The van der Waals surface area contributed by atoms with Crippen LogP contribution in [0.5, 0.6) is 5.75 Å². The van der Waals surface area contributed by atoms with Crippen molar-refractivity contribution in [1.82, 2.24) is 5.43 Å². The van der Waals surface area contributed by atoms with Crippen LogP contribution in [0.1, 0.15) is 29.2 Å². The van der Waals surface area contributed by atoms with E-state index in [0.29, 0.717) is 6.61 Å². The standard InChI is InChI=1S/C25H26N2O2S/c1-18-4-8-22(9-5-18)17-29-23-12-10-21(11-13-23)16-26-27-25(28)20(3)30-24-14-6-19(2)7-15-24/h4-16,20H,17H2,1-3H3,(H,27,28)/b26-16-/t20-/m1/s1. The first kappa shape index (κ1) is 21.7. The number of nitrogens with zero attached hydrogens (tertiary/aromatic N) is 1. The zero-order valence-corrected chi connectivity index (χ0v) is 18.3. The van der Waals surface area contributed by atoms with Gasteiger partial charge in [-0.15, -0.1) is 11.8 Å². The Morgan fingerprint density at radius 2 is 1.57 bits per heavy atom. The van der Waals surface area contributed by atoms with Crippen LogP contribution in [0.2, 0.25) is 0 Å². The summed E-state index contributed by atoms with van der Waals surface area (Å²) in [5.41, 5.74) is 7.06. The summed E-state index contributed by atoms with van der Waals surface area (Å²) in [6, 6.07) is 24.0. The molecule has 3 rings (SSSR count). The number of rotatable bonds is 8. The minimum Gasteiger partial charge on any atom is -0.489 e. The van der Waals surface area contributed by atoms with Gasteiger partial charge in [0.1, 0.15) is 12.4 Å². The van der Waals surface area contributed by atoms with Crippen molar-refractivity contribution in [3.8, 4) is 5.75 Å². The molecule has 154 valence electrons. The number of aryl methyl sites for hydroxylation is 2. The first-order valence-electron chi connectivity index (χ1n) is 9.84. The molecule has 0 saturated heterocycles. The maximum absolute atomic E-state index is 12.2. The second-order valence-electron chi connectivity index (χ2n) is 7.15. The number of hydrogen-bond donors (Lipinski definition) is 1. The molecule has 1 amide bonds. The molecule has 0 aliphatic carbocycles. The van der Waals surface area contributed by atoms with Gasteiger partial charge >= 0.3 is 0 Å². The zero-order valence-electron chi connectivity index (χ0n) is 17.5. The number of ether oxygens (including phenoxy) is 1. The van der Waals surface area contributed by atoms with E-state index in [0.717, 1.165) is 21.8 Å². The van der Waals surface area contributed by atoms with E-state index in [9.17, 15) is 4.79 Å². The van der Waals surface area contributed by atoms with E-state index in [1.807, 2.05) is 62.4 Å². The van der Waals surface area contributed by atoms with Crippen molar-refractivity contribution in [2.24, 2.45) is 5.10 Å². The summed E-state index contributed by atoms with van der Waals surface area (Å²) in [7, 11) is 0. The van der Waals surface area contributed by atoms with E-state index in [1.54, 1.807) is 6.21 Å². The van der Waals surface area contributed by atoms with Gasteiger partial charge < -0.3 is 4.74 Å². The smallest absolute Gasteiger partial charge is 0.253 e. The summed E-state index contributed by atoms with van der Waals surface area (Å²) in [5.74, 6) is 0.662. The van der Waals surface area contributed by atoms with Crippen molar-refractivity contribution in [2.45, 2.75) is 37.5 Å². The Bertz CT molecular complexity index is 981. The number of carbonyl (C=O) groups excluding carboxylic acids is 1. The number of amides is 1. The molecule has 3 aromatic rings. The Kier molecular flexibility index (Phi) is 7.69. The first-order valence-corrected chi connectivity index (χ1v) is 10.7. The number of carbonyl (C=O) groups is 1. The highest BCUT2D eigenvalue weighted by molar-refractivity contribution is 8.00. The lowest BCUT2D eigenvalue weighted by Crippen LogP contribution is -2.26. The summed E-state index contributed by atoms with van der Waals surface area (Å²) < 4.78 is 5.81. The fraction of sp³-hybridized carbons (Fsp3) is 0.200. The molecule has 0 heterocycles. The highest BCUT2D eigenvalue weighted by Crippen LogP contribution is 2.23. The third-order valence-electron chi connectivity index (χ3n) is 4.50. The predicted molar refractivity (Wildman–Crippen MR) is 124 cm³/mol. The van der Waals surface area contributed by atoms with Crippen LogP contribution in [0.4, 0.5) is 0 Å². The van der Waals surface area contributed by atoms with Gasteiger partial charge in [-0.05, 0) is 68.3 Å². The number of hydrazone groups is 1. The Morgan fingerprint density at radius 3 is 2.20 bits per heavy atom. The van der Waals surface area contributed by atoms with Crippen LogP contribution in [0, 0.1) is 13.8 Å². The fourth-order valence-electron chi connectivity index (χ4n) is 2.64. The second kappa shape index (κ2) is 10.6. The van der Waals surface area contributed by atoms with Crippen LogP contribution in [0.25, 0.3) is 0 Å². The van der Waals surface area contributed by atoms with Gasteiger partial charge in [0, 0.05) is 4.90 Å². The second-order valence-corrected chi connectivity index (χ2v) is 8.56. The molecule has 5 heteroatoms. The van der Waals surface area contributed by atoms with Gasteiger partial charge in [-0.25, -0.2) is 5.43 Å². The van der Waals surface area contributed by atoms with Gasteiger partial charge in [0.25, 0.3) is 5.91 Å². The largest absolute Gasteiger partial charge is 0.489 e. The normalized spacial score (nSPS) is 12.0. The third-order valence-corrected chi connectivity index (χ3v) is 5.61. The van der Waals surface area contributed by atoms with E-state index in [1.165, 1.54) is 22.9 Å². The molecule has 0 unspecified atom stereocenters. The van der Waals surface area contributed by atoms with E-state index in [4.69, 9.17) is 4.74 Å². The predicted octanol–water partition coefficient (Wildman–Crippen LogP) is 5.51. The average Bonchev–Trinajstić information content (AvgIpc) is 2.76. The highest BCUT2D eigenvalue weighted by Gasteiger charge is 2.13. The summed E-state index contributed by atoms with van der Waals surface area (Å²) in [6.45, 7) is 6.51. The van der Waals surface area contributed by atoms with Crippen molar-refractivity contribution in [3.05, 3.63) is 95.1 Å². The van der Waals surface area contributed by atoms with Crippen molar-refractivity contribution in [1.29, 1.82) is 0 Å². The quantitative estimate of drug-likeness (QED) is 0.298. The molecule has 0 saturated carbocycles. The summed E-state index contributed by atoms with van der Waals surface area (Å²) in [4.78, 5) is 13.3. The number of benzene rings is 3. The van der Waals surface area contributed by atoms with Crippen LogP contribution in [0.15, 0.2) is 82.8 Å². The van der Waals surface area contributed by atoms with Crippen molar-refractivity contribution in [3.63, 3.8) is 0 Å². The van der Waals surface area contributed by atoms with Crippen LogP contribution < -0.4 is 10.2 Å². The summed E-state index contributed by atoms with van der Waals surface area (Å²) in [6.07, 6.45) is 1.63. The molecule has 4 nitrogen and oxygen atoms in total. The SMILES string of the molecule is Cc1ccc(COc2ccc(/C=N\NC(=O)[C@@H](C)Sc3ccc(C)cc3)cc2)cc1. The summed E-state index contributed by atoms with van der Waals surface area (Å²) in [5, 5.41) is 3.84. The fourth-order valence-corrected chi connectivity index (χ4v) is 3.50. The topological polar surface area (TPSA) is 50.7 Å². The summed E-state index contributed by atoms with van der Waals surface area (Å²) >= 11 is 1.51. The Hall–Kier alpha value is -3.05. The van der Waals surface area contributed by atoms with Crippen LogP contribution in [-0.4, -0.2) is 17.4 Å². The number of hydrogen-bond acceptors (Lipinski definition) is 4. The van der Waals surface area contributed by atoms with Gasteiger partial charge in [0.15, 0.2) is 0 Å². The Morgan fingerprint density at radius 1 is 0.967 bits per heavy atom. The zero-order chi connectivity index (χ0) is 21.3. The van der Waals surface area contributed by atoms with Crippen molar-refractivity contribution < 1.29 is 9.53 Å². The van der Waals surface area contributed by atoms with Crippen molar-refractivity contribution in [2.75, 3.05) is 0 Å². The van der Waals surface area contributed by atoms with E-state index in [-0.39, 0.29) is 11.2 Å². The van der Waals surface area contributed by atoms with Gasteiger partial charge in [0.2, 0.25) is 0 Å². The minimum atomic E-state index is -0.234. The van der Waals surface area contributed by atoms with Crippen LogP contribution in [0.3, 0.4) is 0 Å². The van der Waals surface area contributed by atoms with E-state index < -0.39 is 0 Å². The number of nitrogens with one attached hydrogen (secondary N) is 1.